The van der Waals surface area contributed by atoms with Crippen LogP contribution >= 0.6 is 0 Å². The summed E-state index contributed by atoms with van der Waals surface area (Å²) in [6.45, 7) is 1.76. The number of aromatic nitrogens is 2. The van der Waals surface area contributed by atoms with E-state index in [0.29, 0.717) is 0 Å². The Labute approximate surface area is 64.8 Å². The van der Waals surface area contributed by atoms with Gasteiger partial charge in [0.25, 0.3) is 0 Å². The molecule has 0 aromatic carbocycles. The van der Waals surface area contributed by atoms with Crippen LogP contribution < -0.4 is 0 Å². The minimum absolute atomic E-state index is 0.261. The number of carbonyl (C=O) groups excluding carboxylic acids is 1. The zero-order valence-electron chi connectivity index (χ0n) is 6.52. The number of rotatable bonds is 2. The molecule has 0 unspecified atom stereocenters. The van der Waals surface area contributed by atoms with E-state index in [1.54, 1.807) is 30.2 Å². The van der Waals surface area contributed by atoms with Crippen LogP contribution in [0.3, 0.4) is 0 Å². The second-order valence-electron chi connectivity index (χ2n) is 2.21. The lowest BCUT2D eigenvalue weighted by molar-refractivity contribution is -0.144. The maximum atomic E-state index is 10.9. The van der Waals surface area contributed by atoms with E-state index >= 15 is 0 Å². The van der Waals surface area contributed by atoms with Crippen molar-refractivity contribution in [3.05, 3.63) is 18.7 Å². The van der Waals surface area contributed by atoms with Crippen LogP contribution in [0.5, 0.6) is 0 Å². The normalized spacial score (nSPS) is 12.5. The van der Waals surface area contributed by atoms with E-state index in [1.807, 2.05) is 0 Å². The van der Waals surface area contributed by atoms with Crippen molar-refractivity contribution in [3.8, 4) is 0 Å². The topological polar surface area (TPSA) is 44.1 Å². The number of nitrogens with zero attached hydrogens (tertiary/aromatic N) is 2. The summed E-state index contributed by atoms with van der Waals surface area (Å²) in [5.41, 5.74) is 0. The first-order valence-corrected chi connectivity index (χ1v) is 3.31. The fourth-order valence-electron chi connectivity index (χ4n) is 0.791. The van der Waals surface area contributed by atoms with Gasteiger partial charge in [0, 0.05) is 12.4 Å². The average molecular weight is 154 g/mol. The summed E-state index contributed by atoms with van der Waals surface area (Å²) in [6, 6.07) is -0.289. The summed E-state index contributed by atoms with van der Waals surface area (Å²) < 4.78 is 6.23. The van der Waals surface area contributed by atoms with Crippen LogP contribution in [0.15, 0.2) is 18.7 Å². The molecular formula is C7H10N2O2. The molecule has 0 aliphatic heterocycles. The molecule has 1 rings (SSSR count). The highest BCUT2D eigenvalue weighted by molar-refractivity contribution is 5.73. The SMILES string of the molecule is COC(=O)[C@H](C)n1ccnc1. The molecule has 60 valence electrons. The number of methoxy groups -OCH3 is 1. The third-order valence-corrected chi connectivity index (χ3v) is 1.51. The maximum Gasteiger partial charge on any atom is 0.328 e. The fourth-order valence-corrected chi connectivity index (χ4v) is 0.791. The highest BCUT2D eigenvalue weighted by atomic mass is 16.5. The molecule has 0 spiro atoms. The van der Waals surface area contributed by atoms with Gasteiger partial charge >= 0.3 is 5.97 Å². The Morgan fingerprint density at radius 1 is 1.73 bits per heavy atom. The predicted octanol–water partition coefficient (Wildman–Crippen LogP) is 0.617. The predicted molar refractivity (Wildman–Crippen MR) is 39.0 cm³/mol. The summed E-state index contributed by atoms with van der Waals surface area (Å²) in [5.74, 6) is -0.261. The van der Waals surface area contributed by atoms with Gasteiger partial charge in [-0.1, -0.05) is 0 Å². The zero-order chi connectivity index (χ0) is 8.27. The van der Waals surface area contributed by atoms with E-state index in [4.69, 9.17) is 0 Å². The van der Waals surface area contributed by atoms with Gasteiger partial charge in [0.2, 0.25) is 0 Å². The molecule has 4 heteroatoms. The van der Waals surface area contributed by atoms with E-state index < -0.39 is 0 Å². The molecule has 1 heterocycles. The molecule has 0 aliphatic rings. The van der Waals surface area contributed by atoms with E-state index in [2.05, 4.69) is 9.72 Å². The second-order valence-corrected chi connectivity index (χ2v) is 2.21. The molecule has 0 bridgehead atoms. The lowest BCUT2D eigenvalue weighted by Crippen LogP contribution is -2.16. The van der Waals surface area contributed by atoms with Crippen LogP contribution in [0.1, 0.15) is 13.0 Å². The molecule has 1 aromatic heterocycles. The van der Waals surface area contributed by atoms with Crippen LogP contribution in [0.4, 0.5) is 0 Å². The van der Waals surface area contributed by atoms with Gasteiger partial charge in [-0.25, -0.2) is 9.78 Å². The molecule has 0 saturated carbocycles. The molecule has 0 aliphatic carbocycles. The Kier molecular flexibility index (Phi) is 2.25. The van der Waals surface area contributed by atoms with Gasteiger partial charge in [-0.2, -0.15) is 0 Å². The van der Waals surface area contributed by atoms with Gasteiger partial charge in [-0.3, -0.25) is 0 Å². The lowest BCUT2D eigenvalue weighted by atomic mass is 10.3. The van der Waals surface area contributed by atoms with Crippen molar-refractivity contribution < 1.29 is 9.53 Å². The third kappa shape index (κ3) is 1.58. The molecule has 0 amide bonds. The van der Waals surface area contributed by atoms with Gasteiger partial charge < -0.3 is 9.30 Å². The van der Waals surface area contributed by atoms with Gasteiger partial charge in [-0.05, 0) is 6.92 Å². The van der Waals surface area contributed by atoms with Crippen molar-refractivity contribution in [2.24, 2.45) is 0 Å². The Hall–Kier alpha value is -1.32. The van der Waals surface area contributed by atoms with E-state index in [0.717, 1.165) is 0 Å². The van der Waals surface area contributed by atoms with Gasteiger partial charge in [0.1, 0.15) is 6.04 Å². The summed E-state index contributed by atoms with van der Waals surface area (Å²) in [6.07, 6.45) is 4.93. The molecule has 0 radical (unpaired) electrons. The van der Waals surface area contributed by atoms with E-state index in [-0.39, 0.29) is 12.0 Å². The summed E-state index contributed by atoms with van der Waals surface area (Å²) in [4.78, 5) is 14.8. The largest absolute Gasteiger partial charge is 0.467 e. The monoisotopic (exact) mass is 154 g/mol. The third-order valence-electron chi connectivity index (χ3n) is 1.51. The Balaban J connectivity index is 2.70. The first kappa shape index (κ1) is 7.78. The maximum absolute atomic E-state index is 10.9. The van der Waals surface area contributed by atoms with E-state index in [1.165, 1.54) is 7.11 Å². The van der Waals surface area contributed by atoms with Crippen molar-refractivity contribution >= 4 is 5.97 Å². The van der Waals surface area contributed by atoms with Crippen molar-refractivity contribution in [2.75, 3.05) is 7.11 Å². The van der Waals surface area contributed by atoms with Gasteiger partial charge in [0.15, 0.2) is 0 Å². The minimum Gasteiger partial charge on any atom is -0.467 e. The van der Waals surface area contributed by atoms with Crippen molar-refractivity contribution in [1.29, 1.82) is 0 Å². The number of ether oxygens (including phenoxy) is 1. The van der Waals surface area contributed by atoms with Crippen molar-refractivity contribution in [2.45, 2.75) is 13.0 Å². The highest BCUT2D eigenvalue weighted by Crippen LogP contribution is 2.05. The van der Waals surface area contributed by atoms with Crippen LogP contribution in [0.25, 0.3) is 0 Å². The molecule has 4 nitrogen and oxygen atoms in total. The summed E-state index contributed by atoms with van der Waals surface area (Å²) in [7, 11) is 1.37. The smallest absolute Gasteiger partial charge is 0.328 e. The van der Waals surface area contributed by atoms with Gasteiger partial charge in [-0.15, -0.1) is 0 Å². The van der Waals surface area contributed by atoms with E-state index in [9.17, 15) is 4.79 Å². The molecule has 0 N–H and O–H groups in total. The quantitative estimate of drug-likeness (QED) is 0.586. The Morgan fingerprint density at radius 3 is 2.91 bits per heavy atom. The molecule has 0 fully saturated rings. The number of imidazole rings is 1. The second kappa shape index (κ2) is 3.18. The molecular weight excluding hydrogens is 144 g/mol. The number of esters is 1. The summed E-state index contributed by atoms with van der Waals surface area (Å²) in [5, 5.41) is 0. The molecule has 0 saturated heterocycles. The molecule has 11 heavy (non-hydrogen) atoms. The highest BCUT2D eigenvalue weighted by Gasteiger charge is 2.13. The first-order valence-electron chi connectivity index (χ1n) is 3.31. The Morgan fingerprint density at radius 2 is 2.45 bits per heavy atom. The Bertz CT molecular complexity index is 231. The minimum atomic E-state index is -0.289. The zero-order valence-corrected chi connectivity index (χ0v) is 6.52. The van der Waals surface area contributed by atoms with Crippen molar-refractivity contribution in [1.82, 2.24) is 9.55 Å². The standard InChI is InChI=1S/C7H10N2O2/c1-6(7(10)11-2)9-4-3-8-5-9/h3-6H,1-2H3/t6-/m0/s1. The average Bonchev–Trinajstić information content (AvgIpc) is 2.53. The van der Waals surface area contributed by atoms with Crippen LogP contribution in [-0.4, -0.2) is 22.6 Å². The first-order chi connectivity index (χ1) is 5.25. The number of hydrogen-bond acceptors (Lipinski definition) is 3. The molecule has 1 atom stereocenters. The van der Waals surface area contributed by atoms with Crippen molar-refractivity contribution in [3.63, 3.8) is 0 Å². The fraction of sp³-hybridized carbons (Fsp3) is 0.429. The number of hydrogen-bond donors (Lipinski definition) is 0. The lowest BCUT2D eigenvalue weighted by Gasteiger charge is -2.08. The van der Waals surface area contributed by atoms with Gasteiger partial charge in [0.05, 0.1) is 13.4 Å². The summed E-state index contributed by atoms with van der Waals surface area (Å²) >= 11 is 0. The van der Waals surface area contributed by atoms with Crippen LogP contribution in [0, 0.1) is 0 Å². The van der Waals surface area contributed by atoms with Crippen LogP contribution in [-0.2, 0) is 9.53 Å². The van der Waals surface area contributed by atoms with Crippen LogP contribution in [0.2, 0.25) is 0 Å². The molecule has 1 aromatic rings. The number of carbonyl (C=O) groups is 1.